The van der Waals surface area contributed by atoms with Crippen LogP contribution in [0.5, 0.6) is 0 Å². The van der Waals surface area contributed by atoms with Gasteiger partial charge in [0.2, 0.25) is 5.91 Å². The van der Waals surface area contributed by atoms with E-state index in [2.05, 4.69) is 24.5 Å². The molecule has 2 atom stereocenters. The van der Waals surface area contributed by atoms with Crippen LogP contribution in [0.3, 0.4) is 0 Å². The zero-order valence-electron chi connectivity index (χ0n) is 11.3. The van der Waals surface area contributed by atoms with Crippen molar-refractivity contribution in [2.45, 2.75) is 33.2 Å². The summed E-state index contributed by atoms with van der Waals surface area (Å²) in [6, 6.07) is 3.65. The first-order chi connectivity index (χ1) is 8.56. The van der Waals surface area contributed by atoms with Crippen LogP contribution >= 0.6 is 0 Å². The molecule has 2 heterocycles. The van der Waals surface area contributed by atoms with Crippen molar-refractivity contribution in [3.63, 3.8) is 0 Å². The third-order valence-electron chi connectivity index (χ3n) is 4.06. The summed E-state index contributed by atoms with van der Waals surface area (Å²) in [5.41, 5.74) is -0.277. The molecule has 1 unspecified atom stereocenters. The Morgan fingerprint density at radius 2 is 2.28 bits per heavy atom. The van der Waals surface area contributed by atoms with E-state index in [0.717, 1.165) is 25.3 Å². The summed E-state index contributed by atoms with van der Waals surface area (Å²) in [6.07, 6.45) is 2.54. The van der Waals surface area contributed by atoms with Crippen molar-refractivity contribution in [1.29, 1.82) is 0 Å². The lowest BCUT2D eigenvalue weighted by atomic mass is 9.75. The molecule has 1 aromatic rings. The molecule has 1 aromatic heterocycles. The zero-order valence-corrected chi connectivity index (χ0v) is 11.3. The predicted octanol–water partition coefficient (Wildman–Crippen LogP) is 2.09. The fraction of sp³-hybridized carbons (Fsp3) is 0.643. The number of nitrogens with one attached hydrogen (secondary N) is 2. The van der Waals surface area contributed by atoms with Gasteiger partial charge in [-0.1, -0.05) is 13.8 Å². The van der Waals surface area contributed by atoms with E-state index in [0.29, 0.717) is 5.92 Å². The average molecular weight is 250 g/mol. The summed E-state index contributed by atoms with van der Waals surface area (Å²) >= 11 is 0. The van der Waals surface area contributed by atoms with Crippen molar-refractivity contribution < 1.29 is 9.21 Å². The number of carbonyl (C=O) groups is 1. The summed E-state index contributed by atoms with van der Waals surface area (Å²) in [5, 5.41) is 6.37. The first kappa shape index (κ1) is 13.1. The van der Waals surface area contributed by atoms with Crippen LogP contribution in [0.15, 0.2) is 22.8 Å². The van der Waals surface area contributed by atoms with Gasteiger partial charge < -0.3 is 15.1 Å². The maximum absolute atomic E-state index is 12.5. The Bertz CT molecular complexity index is 392. The Labute approximate surface area is 108 Å². The van der Waals surface area contributed by atoms with Crippen molar-refractivity contribution in [2.75, 3.05) is 13.1 Å². The molecule has 0 radical (unpaired) electrons. The van der Waals surface area contributed by atoms with Crippen LogP contribution in [0.2, 0.25) is 0 Å². The molecule has 0 aliphatic carbocycles. The van der Waals surface area contributed by atoms with Crippen molar-refractivity contribution in [2.24, 2.45) is 11.3 Å². The number of carbonyl (C=O) groups excluding carboxylic acids is 1. The Kier molecular flexibility index (Phi) is 3.76. The molecule has 1 aliphatic heterocycles. The molecule has 1 fully saturated rings. The van der Waals surface area contributed by atoms with Gasteiger partial charge in [0.1, 0.15) is 5.76 Å². The van der Waals surface area contributed by atoms with E-state index in [1.54, 1.807) is 6.26 Å². The first-order valence-electron chi connectivity index (χ1n) is 6.61. The molecule has 0 bridgehead atoms. The fourth-order valence-corrected chi connectivity index (χ4v) is 2.61. The van der Waals surface area contributed by atoms with Gasteiger partial charge in [-0.25, -0.2) is 0 Å². The van der Waals surface area contributed by atoms with Crippen LogP contribution in [-0.2, 0) is 4.79 Å². The lowest BCUT2D eigenvalue weighted by molar-refractivity contribution is -0.133. The molecule has 2 N–H and O–H groups in total. The first-order valence-corrected chi connectivity index (χ1v) is 6.61. The van der Waals surface area contributed by atoms with E-state index in [4.69, 9.17) is 4.42 Å². The molecular weight excluding hydrogens is 228 g/mol. The van der Waals surface area contributed by atoms with Gasteiger partial charge in [-0.05, 0) is 37.9 Å². The summed E-state index contributed by atoms with van der Waals surface area (Å²) < 4.78 is 5.32. The van der Waals surface area contributed by atoms with E-state index < -0.39 is 0 Å². The van der Waals surface area contributed by atoms with Crippen LogP contribution in [0.1, 0.15) is 39.0 Å². The Morgan fingerprint density at radius 1 is 1.50 bits per heavy atom. The number of amides is 1. The monoisotopic (exact) mass is 250 g/mol. The van der Waals surface area contributed by atoms with E-state index in [1.165, 1.54) is 0 Å². The molecule has 1 aliphatic rings. The Hall–Kier alpha value is -1.29. The number of hydrogen-bond donors (Lipinski definition) is 2. The van der Waals surface area contributed by atoms with Gasteiger partial charge in [0.15, 0.2) is 0 Å². The van der Waals surface area contributed by atoms with Gasteiger partial charge in [0.25, 0.3) is 0 Å². The lowest BCUT2D eigenvalue weighted by Crippen LogP contribution is -2.46. The highest BCUT2D eigenvalue weighted by atomic mass is 16.3. The van der Waals surface area contributed by atoms with Gasteiger partial charge in [0.05, 0.1) is 17.7 Å². The topological polar surface area (TPSA) is 54.3 Å². The Morgan fingerprint density at radius 3 is 2.78 bits per heavy atom. The van der Waals surface area contributed by atoms with Crippen molar-refractivity contribution >= 4 is 5.91 Å². The molecule has 1 saturated heterocycles. The molecule has 4 nitrogen and oxygen atoms in total. The minimum atomic E-state index is -0.277. The van der Waals surface area contributed by atoms with Gasteiger partial charge in [0, 0.05) is 6.54 Å². The fourth-order valence-electron chi connectivity index (χ4n) is 2.61. The van der Waals surface area contributed by atoms with Crippen LogP contribution in [0.4, 0.5) is 0 Å². The normalized spacial score (nSPS) is 25.3. The van der Waals surface area contributed by atoms with Crippen LogP contribution in [0.25, 0.3) is 0 Å². The minimum Gasteiger partial charge on any atom is -0.467 e. The summed E-state index contributed by atoms with van der Waals surface area (Å²) in [6.45, 7) is 7.86. The standard InChI is InChI=1S/C14H22N2O2/c1-10(2)14(6-7-15-9-14)13(17)16-11(3)12-5-4-8-18-12/h4-5,8,10-11,15H,6-7,9H2,1-3H3,(H,16,17)/t11-,14?/m1/s1. The molecule has 4 heteroatoms. The summed E-state index contributed by atoms with van der Waals surface area (Å²) in [5.74, 6) is 1.26. The number of rotatable bonds is 4. The summed E-state index contributed by atoms with van der Waals surface area (Å²) in [7, 11) is 0. The van der Waals surface area contributed by atoms with Crippen LogP contribution < -0.4 is 10.6 Å². The SMILES string of the molecule is CC(C)C1(C(=O)N[C@H](C)c2ccco2)CCNC1. The number of furan rings is 1. The highest BCUT2D eigenvalue weighted by Gasteiger charge is 2.44. The van der Waals surface area contributed by atoms with Gasteiger partial charge >= 0.3 is 0 Å². The lowest BCUT2D eigenvalue weighted by Gasteiger charge is -2.32. The quantitative estimate of drug-likeness (QED) is 0.860. The highest BCUT2D eigenvalue weighted by Crippen LogP contribution is 2.35. The van der Waals surface area contributed by atoms with Crippen LogP contribution in [-0.4, -0.2) is 19.0 Å². The second kappa shape index (κ2) is 5.14. The van der Waals surface area contributed by atoms with Gasteiger partial charge in [-0.15, -0.1) is 0 Å². The second-order valence-electron chi connectivity index (χ2n) is 5.45. The van der Waals surface area contributed by atoms with Gasteiger partial charge in [-0.3, -0.25) is 4.79 Å². The van der Waals surface area contributed by atoms with E-state index in [1.807, 2.05) is 19.1 Å². The second-order valence-corrected chi connectivity index (χ2v) is 5.45. The third kappa shape index (κ3) is 2.29. The van der Waals surface area contributed by atoms with Crippen LogP contribution in [0, 0.1) is 11.3 Å². The zero-order chi connectivity index (χ0) is 13.2. The molecule has 18 heavy (non-hydrogen) atoms. The predicted molar refractivity (Wildman–Crippen MR) is 70.0 cm³/mol. The van der Waals surface area contributed by atoms with E-state index in [9.17, 15) is 4.79 Å². The van der Waals surface area contributed by atoms with Crippen molar-refractivity contribution in [3.05, 3.63) is 24.2 Å². The third-order valence-corrected chi connectivity index (χ3v) is 4.06. The molecule has 0 saturated carbocycles. The van der Waals surface area contributed by atoms with Crippen molar-refractivity contribution in [3.8, 4) is 0 Å². The van der Waals surface area contributed by atoms with Gasteiger partial charge in [-0.2, -0.15) is 0 Å². The Balaban J connectivity index is 2.06. The molecular formula is C14H22N2O2. The van der Waals surface area contributed by atoms with E-state index >= 15 is 0 Å². The van der Waals surface area contributed by atoms with E-state index in [-0.39, 0.29) is 17.4 Å². The molecule has 0 aromatic carbocycles. The summed E-state index contributed by atoms with van der Waals surface area (Å²) in [4.78, 5) is 12.5. The van der Waals surface area contributed by atoms with Crippen molar-refractivity contribution in [1.82, 2.24) is 10.6 Å². The largest absolute Gasteiger partial charge is 0.467 e. The molecule has 1 amide bonds. The number of hydrogen-bond acceptors (Lipinski definition) is 3. The molecule has 100 valence electrons. The highest BCUT2D eigenvalue weighted by molar-refractivity contribution is 5.84. The smallest absolute Gasteiger partial charge is 0.228 e. The maximum Gasteiger partial charge on any atom is 0.228 e. The minimum absolute atomic E-state index is 0.0799. The average Bonchev–Trinajstić information content (AvgIpc) is 3.01. The molecule has 2 rings (SSSR count). The maximum atomic E-state index is 12.5. The molecule has 0 spiro atoms.